The van der Waals surface area contributed by atoms with Gasteiger partial charge in [0.15, 0.2) is 6.61 Å². The minimum Gasteiger partial charge on any atom is -0.454 e. The lowest BCUT2D eigenvalue weighted by molar-refractivity contribution is -0.150. The van der Waals surface area contributed by atoms with Crippen molar-refractivity contribution in [3.05, 3.63) is 54.3 Å². The Labute approximate surface area is 190 Å². The van der Waals surface area contributed by atoms with E-state index in [0.29, 0.717) is 10.6 Å². The van der Waals surface area contributed by atoms with E-state index in [1.807, 2.05) is 6.07 Å². The SMILES string of the molecule is CC(C)[C@H](NS(=O)(=O)c1ccccc1F)C(=O)OCC(=O)Nc1ccccc1SCC#N. The van der Waals surface area contributed by atoms with Crippen molar-refractivity contribution in [3.63, 3.8) is 0 Å². The van der Waals surface area contributed by atoms with Crippen LogP contribution < -0.4 is 10.0 Å². The highest BCUT2D eigenvalue weighted by molar-refractivity contribution is 7.99. The molecule has 2 rings (SSSR count). The van der Waals surface area contributed by atoms with Crippen molar-refractivity contribution in [1.29, 1.82) is 5.26 Å². The van der Waals surface area contributed by atoms with Crippen molar-refractivity contribution >= 4 is 39.3 Å². The summed E-state index contributed by atoms with van der Waals surface area (Å²) in [7, 11) is -4.34. The molecule has 2 aromatic carbocycles. The monoisotopic (exact) mass is 479 g/mol. The van der Waals surface area contributed by atoms with Gasteiger partial charge in [0.25, 0.3) is 5.91 Å². The van der Waals surface area contributed by atoms with Gasteiger partial charge in [0.2, 0.25) is 10.0 Å². The molecule has 0 spiro atoms. The molecular formula is C21H22FN3O5S2. The van der Waals surface area contributed by atoms with Gasteiger partial charge in [-0.1, -0.05) is 38.1 Å². The number of nitrogens with one attached hydrogen (secondary N) is 2. The van der Waals surface area contributed by atoms with Crippen LogP contribution in [0.25, 0.3) is 0 Å². The van der Waals surface area contributed by atoms with Gasteiger partial charge in [-0.15, -0.1) is 11.8 Å². The molecule has 170 valence electrons. The van der Waals surface area contributed by atoms with Crippen molar-refractivity contribution in [2.24, 2.45) is 5.92 Å². The third kappa shape index (κ3) is 7.05. The lowest BCUT2D eigenvalue weighted by Crippen LogP contribution is -2.46. The van der Waals surface area contributed by atoms with Gasteiger partial charge in [-0.05, 0) is 30.2 Å². The molecule has 0 aliphatic heterocycles. The maximum Gasteiger partial charge on any atom is 0.324 e. The van der Waals surface area contributed by atoms with Gasteiger partial charge in [0.05, 0.1) is 17.5 Å². The Morgan fingerprint density at radius 2 is 1.81 bits per heavy atom. The Morgan fingerprint density at radius 3 is 2.47 bits per heavy atom. The topological polar surface area (TPSA) is 125 Å². The minimum atomic E-state index is -4.34. The van der Waals surface area contributed by atoms with E-state index < -0.39 is 51.2 Å². The molecule has 1 amide bonds. The van der Waals surface area contributed by atoms with E-state index in [2.05, 4.69) is 10.0 Å². The first-order chi connectivity index (χ1) is 15.2. The summed E-state index contributed by atoms with van der Waals surface area (Å²) in [6.07, 6.45) is 0. The smallest absolute Gasteiger partial charge is 0.324 e. The molecule has 1 atom stereocenters. The number of anilines is 1. The number of nitrogens with zero attached hydrogens (tertiary/aromatic N) is 1. The van der Waals surface area contributed by atoms with Gasteiger partial charge < -0.3 is 10.1 Å². The van der Waals surface area contributed by atoms with Crippen LogP contribution in [-0.2, 0) is 24.3 Å². The molecule has 2 aromatic rings. The van der Waals surface area contributed by atoms with Gasteiger partial charge in [0.1, 0.15) is 16.8 Å². The summed E-state index contributed by atoms with van der Waals surface area (Å²) in [6, 6.07) is 12.3. The first kappa shape index (κ1) is 25.3. The number of halogens is 1. The molecule has 0 fully saturated rings. The van der Waals surface area contributed by atoms with Crippen LogP contribution >= 0.6 is 11.8 Å². The van der Waals surface area contributed by atoms with E-state index in [-0.39, 0.29) is 5.75 Å². The number of thioether (sulfide) groups is 1. The van der Waals surface area contributed by atoms with E-state index in [0.717, 1.165) is 12.1 Å². The van der Waals surface area contributed by atoms with Gasteiger partial charge in [-0.25, -0.2) is 12.8 Å². The number of amides is 1. The number of esters is 1. The maximum absolute atomic E-state index is 13.9. The first-order valence-electron chi connectivity index (χ1n) is 9.48. The Balaban J connectivity index is 2.03. The first-order valence-corrected chi connectivity index (χ1v) is 11.9. The van der Waals surface area contributed by atoms with Gasteiger partial charge >= 0.3 is 5.97 Å². The van der Waals surface area contributed by atoms with E-state index in [1.54, 1.807) is 38.1 Å². The number of nitriles is 1. The molecular weight excluding hydrogens is 457 g/mol. The molecule has 0 saturated heterocycles. The van der Waals surface area contributed by atoms with Crippen molar-refractivity contribution < 1.29 is 27.1 Å². The quantitative estimate of drug-likeness (QED) is 0.396. The summed E-state index contributed by atoms with van der Waals surface area (Å²) in [4.78, 5) is 24.8. The highest BCUT2D eigenvalue weighted by atomic mass is 32.2. The van der Waals surface area contributed by atoms with Crippen LogP contribution in [0.4, 0.5) is 10.1 Å². The average molecular weight is 480 g/mol. The second-order valence-electron chi connectivity index (χ2n) is 6.87. The highest BCUT2D eigenvalue weighted by Crippen LogP contribution is 2.26. The van der Waals surface area contributed by atoms with Crippen LogP contribution in [0.3, 0.4) is 0 Å². The molecule has 32 heavy (non-hydrogen) atoms. The standard InChI is InChI=1S/C21H22FN3O5S2/c1-14(2)20(25-32(28,29)18-10-6-3-7-15(18)22)21(27)30-13-19(26)24-16-8-4-5-9-17(16)31-12-11-23/h3-10,14,20,25H,12-13H2,1-2H3,(H,24,26)/t20-/m0/s1. The summed E-state index contributed by atoms with van der Waals surface area (Å²) >= 11 is 1.24. The summed E-state index contributed by atoms with van der Waals surface area (Å²) < 4.78 is 46.1. The third-order valence-corrected chi connectivity index (χ3v) is 6.54. The predicted molar refractivity (Wildman–Crippen MR) is 118 cm³/mol. The molecule has 0 saturated carbocycles. The molecule has 8 nitrogen and oxygen atoms in total. The molecule has 2 N–H and O–H groups in total. The molecule has 0 aliphatic carbocycles. The van der Waals surface area contributed by atoms with E-state index in [4.69, 9.17) is 10.00 Å². The number of hydrogen-bond donors (Lipinski definition) is 2. The number of carbonyl (C=O) groups excluding carboxylic acids is 2. The van der Waals surface area contributed by atoms with Crippen molar-refractivity contribution in [3.8, 4) is 6.07 Å². The van der Waals surface area contributed by atoms with Crippen LogP contribution in [0.15, 0.2) is 58.3 Å². The van der Waals surface area contributed by atoms with Crippen molar-refractivity contribution in [2.45, 2.75) is 29.7 Å². The summed E-state index contributed by atoms with van der Waals surface area (Å²) in [6.45, 7) is 2.51. The summed E-state index contributed by atoms with van der Waals surface area (Å²) in [5.74, 6) is -2.90. The molecule has 0 aliphatic rings. The third-order valence-electron chi connectivity index (χ3n) is 4.13. The zero-order valence-corrected chi connectivity index (χ0v) is 19.0. The zero-order valence-electron chi connectivity index (χ0n) is 17.4. The maximum atomic E-state index is 13.9. The lowest BCUT2D eigenvalue weighted by atomic mass is 10.1. The number of hydrogen-bond acceptors (Lipinski definition) is 7. The number of carbonyl (C=O) groups is 2. The van der Waals surface area contributed by atoms with E-state index in [9.17, 15) is 22.4 Å². The van der Waals surface area contributed by atoms with Crippen molar-refractivity contribution in [1.82, 2.24) is 4.72 Å². The van der Waals surface area contributed by atoms with Crippen LogP contribution in [0.5, 0.6) is 0 Å². The second-order valence-corrected chi connectivity index (χ2v) is 9.57. The Morgan fingerprint density at radius 1 is 1.16 bits per heavy atom. The van der Waals surface area contributed by atoms with Crippen LogP contribution in [-0.4, -0.2) is 38.7 Å². The lowest BCUT2D eigenvalue weighted by Gasteiger charge is -2.21. The fraction of sp³-hybridized carbons (Fsp3) is 0.286. The molecule has 11 heteroatoms. The minimum absolute atomic E-state index is 0.195. The Kier molecular flexibility index (Phi) is 9.19. The number of sulfonamides is 1. The number of benzene rings is 2. The van der Waals surface area contributed by atoms with Crippen LogP contribution in [0.2, 0.25) is 0 Å². The van der Waals surface area contributed by atoms with E-state index in [1.165, 1.54) is 23.9 Å². The molecule has 0 unspecified atom stereocenters. The second kappa shape index (κ2) is 11.6. The highest BCUT2D eigenvalue weighted by Gasteiger charge is 2.31. The van der Waals surface area contributed by atoms with Gasteiger partial charge in [-0.3, -0.25) is 9.59 Å². The average Bonchev–Trinajstić information content (AvgIpc) is 2.75. The fourth-order valence-corrected chi connectivity index (χ4v) is 4.65. The molecule has 0 heterocycles. The summed E-state index contributed by atoms with van der Waals surface area (Å²) in [5.41, 5.74) is 0.453. The number of para-hydroxylation sites is 1. The summed E-state index contributed by atoms with van der Waals surface area (Å²) in [5, 5.41) is 11.3. The van der Waals surface area contributed by atoms with E-state index >= 15 is 0 Å². The van der Waals surface area contributed by atoms with Crippen molar-refractivity contribution in [2.75, 3.05) is 17.7 Å². The molecule has 0 bridgehead atoms. The van der Waals surface area contributed by atoms with Gasteiger partial charge in [0, 0.05) is 4.90 Å². The fourth-order valence-electron chi connectivity index (χ4n) is 2.57. The zero-order chi connectivity index (χ0) is 23.7. The molecule has 0 radical (unpaired) electrons. The largest absolute Gasteiger partial charge is 0.454 e. The Hall–Kier alpha value is -2.94. The Bertz CT molecular complexity index is 1120. The number of ether oxygens (including phenoxy) is 1. The molecule has 0 aromatic heterocycles. The number of rotatable bonds is 10. The van der Waals surface area contributed by atoms with Gasteiger partial charge in [-0.2, -0.15) is 9.98 Å². The normalized spacial score (nSPS) is 12.1. The van der Waals surface area contributed by atoms with Crippen LogP contribution in [0, 0.1) is 23.1 Å². The predicted octanol–water partition coefficient (Wildman–Crippen LogP) is 2.93. The van der Waals surface area contributed by atoms with Crippen LogP contribution in [0.1, 0.15) is 13.8 Å².